The van der Waals surface area contributed by atoms with E-state index < -0.39 is 11.6 Å². The second-order valence-electron chi connectivity index (χ2n) is 9.18. The third kappa shape index (κ3) is 4.40. The van der Waals surface area contributed by atoms with Crippen LogP contribution in [0.4, 0.5) is 8.78 Å². The van der Waals surface area contributed by atoms with E-state index in [-0.39, 0.29) is 6.54 Å². The van der Waals surface area contributed by atoms with Crippen LogP contribution >= 0.6 is 0 Å². The number of hydrogen-bond donors (Lipinski definition) is 2. The van der Waals surface area contributed by atoms with Gasteiger partial charge in [-0.1, -0.05) is 0 Å². The summed E-state index contributed by atoms with van der Waals surface area (Å²) in [5.41, 5.74) is 8.37. The van der Waals surface area contributed by atoms with Crippen LogP contribution in [0.1, 0.15) is 24.4 Å². The summed E-state index contributed by atoms with van der Waals surface area (Å²) in [6.45, 7) is 2.27. The van der Waals surface area contributed by atoms with Crippen LogP contribution in [0.15, 0.2) is 61.4 Å². The van der Waals surface area contributed by atoms with Crippen LogP contribution in [-0.4, -0.2) is 54.7 Å². The third-order valence-electron chi connectivity index (χ3n) is 6.83. The van der Waals surface area contributed by atoms with Crippen LogP contribution in [-0.2, 0) is 6.54 Å². The van der Waals surface area contributed by atoms with Crippen LogP contribution in [0.3, 0.4) is 0 Å². The highest BCUT2D eigenvalue weighted by molar-refractivity contribution is 5.95. The standard InChI is InChI=1S/C26H26F2N8/c1-29-34-4-2-23(3-5-34)36-16-19(11-33-36)18-8-24-25(13-31-26(24)30-10-18)20-12-32-35(15-20)14-17-6-21(27)9-22(28)7-17/h6-13,15-16,23,29H,2-5,14H2,1H3,(H,30,31). The lowest BCUT2D eigenvalue weighted by Gasteiger charge is -2.31. The first kappa shape index (κ1) is 22.6. The molecular weight excluding hydrogens is 462 g/mol. The molecule has 4 aromatic heterocycles. The zero-order chi connectivity index (χ0) is 24.6. The van der Waals surface area contributed by atoms with E-state index in [1.165, 1.54) is 12.1 Å². The second kappa shape index (κ2) is 9.29. The van der Waals surface area contributed by atoms with Crippen LogP contribution in [0, 0.1) is 11.6 Å². The Balaban J connectivity index is 1.25. The van der Waals surface area contributed by atoms with Crippen molar-refractivity contribution in [2.24, 2.45) is 0 Å². The van der Waals surface area contributed by atoms with E-state index in [0.29, 0.717) is 11.6 Å². The van der Waals surface area contributed by atoms with Gasteiger partial charge in [-0.2, -0.15) is 10.2 Å². The van der Waals surface area contributed by atoms with Gasteiger partial charge in [0.15, 0.2) is 0 Å². The minimum Gasteiger partial charge on any atom is -0.346 e. The molecule has 1 aliphatic heterocycles. The van der Waals surface area contributed by atoms with Gasteiger partial charge in [0.2, 0.25) is 0 Å². The molecule has 1 aromatic carbocycles. The number of H-pyrrole nitrogens is 1. The Bertz CT molecular complexity index is 1490. The summed E-state index contributed by atoms with van der Waals surface area (Å²) < 4.78 is 30.9. The number of fused-ring (bicyclic) bond motifs is 1. The SMILES string of the molecule is CNN1CCC(n2cc(-c3cnc4[nH]cc(-c5cnn(Cc6cc(F)cc(F)c6)c5)c4c3)cn2)CC1. The molecule has 1 saturated heterocycles. The molecule has 0 atom stereocenters. The molecule has 0 radical (unpaired) electrons. The first-order chi connectivity index (χ1) is 17.6. The molecule has 2 N–H and O–H groups in total. The van der Waals surface area contributed by atoms with Crippen LogP contribution in [0.5, 0.6) is 0 Å². The molecule has 6 rings (SSSR count). The average Bonchev–Trinajstić information content (AvgIpc) is 3.63. The van der Waals surface area contributed by atoms with E-state index in [0.717, 1.165) is 65.3 Å². The minimum atomic E-state index is -0.598. The number of piperidine rings is 1. The molecule has 8 nitrogen and oxygen atoms in total. The van der Waals surface area contributed by atoms with Crippen molar-refractivity contribution in [2.75, 3.05) is 20.1 Å². The van der Waals surface area contributed by atoms with Gasteiger partial charge in [0.25, 0.3) is 0 Å². The lowest BCUT2D eigenvalue weighted by atomic mass is 10.1. The summed E-state index contributed by atoms with van der Waals surface area (Å²) in [6.07, 6.45) is 13.5. The van der Waals surface area contributed by atoms with Crippen LogP contribution in [0.25, 0.3) is 33.3 Å². The van der Waals surface area contributed by atoms with Crippen molar-refractivity contribution < 1.29 is 8.78 Å². The van der Waals surface area contributed by atoms with Crippen molar-refractivity contribution in [3.05, 3.63) is 78.6 Å². The van der Waals surface area contributed by atoms with E-state index in [2.05, 4.69) is 47.5 Å². The van der Waals surface area contributed by atoms with E-state index in [4.69, 9.17) is 0 Å². The fourth-order valence-electron chi connectivity index (χ4n) is 4.92. The van der Waals surface area contributed by atoms with Crippen LogP contribution < -0.4 is 5.43 Å². The molecule has 0 amide bonds. The Hall–Kier alpha value is -3.89. The summed E-state index contributed by atoms with van der Waals surface area (Å²) in [5, 5.41) is 12.2. The molecule has 0 saturated carbocycles. The number of hydrogen-bond acceptors (Lipinski definition) is 5. The number of benzene rings is 1. The lowest BCUT2D eigenvalue weighted by Crippen LogP contribution is -2.42. The molecule has 1 fully saturated rings. The van der Waals surface area contributed by atoms with Crippen molar-refractivity contribution >= 4 is 11.0 Å². The van der Waals surface area contributed by atoms with Gasteiger partial charge < -0.3 is 4.98 Å². The minimum absolute atomic E-state index is 0.271. The van der Waals surface area contributed by atoms with Gasteiger partial charge in [-0.05, 0) is 43.7 Å². The Kier molecular flexibility index (Phi) is 5.82. The predicted octanol–water partition coefficient (Wildman–Crippen LogP) is 4.39. The molecule has 1 aliphatic rings. The number of nitrogens with one attached hydrogen (secondary N) is 2. The van der Waals surface area contributed by atoms with Gasteiger partial charge in [-0.3, -0.25) is 14.8 Å². The quantitative estimate of drug-likeness (QED) is 0.371. The normalized spacial score (nSPS) is 15.2. The van der Waals surface area contributed by atoms with Gasteiger partial charge in [-0.15, -0.1) is 0 Å². The summed E-state index contributed by atoms with van der Waals surface area (Å²) in [7, 11) is 1.96. The molecule has 0 bridgehead atoms. The van der Waals surface area contributed by atoms with Crippen molar-refractivity contribution in [3.63, 3.8) is 0 Å². The molecule has 36 heavy (non-hydrogen) atoms. The van der Waals surface area contributed by atoms with Gasteiger partial charge in [0, 0.05) is 71.6 Å². The van der Waals surface area contributed by atoms with Crippen molar-refractivity contribution in [2.45, 2.75) is 25.4 Å². The first-order valence-electron chi connectivity index (χ1n) is 12.0. The molecule has 10 heteroatoms. The fourth-order valence-corrected chi connectivity index (χ4v) is 4.92. The molecule has 5 heterocycles. The van der Waals surface area contributed by atoms with Crippen LogP contribution in [0.2, 0.25) is 0 Å². The van der Waals surface area contributed by atoms with E-state index in [1.54, 1.807) is 10.9 Å². The predicted molar refractivity (Wildman–Crippen MR) is 133 cm³/mol. The Morgan fingerprint density at radius 2 is 1.72 bits per heavy atom. The monoisotopic (exact) mass is 488 g/mol. The zero-order valence-electron chi connectivity index (χ0n) is 19.8. The van der Waals surface area contributed by atoms with E-state index >= 15 is 0 Å². The molecule has 0 spiro atoms. The summed E-state index contributed by atoms with van der Waals surface area (Å²) in [5.74, 6) is -1.20. The van der Waals surface area contributed by atoms with E-state index in [1.807, 2.05) is 31.8 Å². The number of rotatable bonds is 6. The average molecular weight is 489 g/mol. The van der Waals surface area contributed by atoms with Gasteiger partial charge >= 0.3 is 0 Å². The van der Waals surface area contributed by atoms with Gasteiger partial charge in [0.05, 0.1) is 25.0 Å². The van der Waals surface area contributed by atoms with Crippen molar-refractivity contribution in [3.8, 4) is 22.3 Å². The summed E-state index contributed by atoms with van der Waals surface area (Å²) in [6, 6.07) is 6.00. The maximum atomic E-state index is 13.6. The number of pyridine rings is 1. The van der Waals surface area contributed by atoms with Gasteiger partial charge in [-0.25, -0.2) is 18.8 Å². The lowest BCUT2D eigenvalue weighted by molar-refractivity contribution is 0.135. The van der Waals surface area contributed by atoms with E-state index in [9.17, 15) is 8.78 Å². The highest BCUT2D eigenvalue weighted by Crippen LogP contribution is 2.31. The smallest absolute Gasteiger partial charge is 0.137 e. The Morgan fingerprint density at radius 1 is 0.944 bits per heavy atom. The van der Waals surface area contributed by atoms with Crippen molar-refractivity contribution in [1.29, 1.82) is 0 Å². The molecule has 5 aromatic rings. The van der Waals surface area contributed by atoms with Gasteiger partial charge in [0.1, 0.15) is 17.3 Å². The summed E-state index contributed by atoms with van der Waals surface area (Å²) in [4.78, 5) is 7.85. The maximum absolute atomic E-state index is 13.6. The molecular formula is C26H26F2N8. The highest BCUT2D eigenvalue weighted by atomic mass is 19.1. The number of aromatic amines is 1. The summed E-state index contributed by atoms with van der Waals surface area (Å²) >= 11 is 0. The number of nitrogens with zero attached hydrogens (tertiary/aromatic N) is 6. The topological polar surface area (TPSA) is 79.6 Å². The highest BCUT2D eigenvalue weighted by Gasteiger charge is 2.21. The zero-order valence-corrected chi connectivity index (χ0v) is 19.8. The third-order valence-corrected chi connectivity index (χ3v) is 6.83. The number of hydrazine groups is 1. The Labute approximate surface area is 206 Å². The largest absolute Gasteiger partial charge is 0.346 e. The second-order valence-corrected chi connectivity index (χ2v) is 9.18. The number of aromatic nitrogens is 6. The fraction of sp³-hybridized carbons (Fsp3) is 0.269. The molecule has 0 unspecified atom stereocenters. The van der Waals surface area contributed by atoms with Crippen molar-refractivity contribution in [1.82, 2.24) is 40.0 Å². The maximum Gasteiger partial charge on any atom is 0.137 e. The number of halogens is 2. The molecule has 184 valence electrons. The first-order valence-corrected chi connectivity index (χ1v) is 12.0. The Morgan fingerprint density at radius 3 is 2.50 bits per heavy atom. The molecule has 0 aliphatic carbocycles.